The first-order chi connectivity index (χ1) is 15.7. The number of hydrogen-bond donors (Lipinski definition) is 1. The Bertz CT molecular complexity index is 1090. The van der Waals surface area contributed by atoms with Crippen molar-refractivity contribution >= 4 is 33.4 Å². The van der Waals surface area contributed by atoms with Gasteiger partial charge in [-0.3, -0.25) is 4.79 Å². The highest BCUT2D eigenvalue weighted by molar-refractivity contribution is 7.20. The minimum atomic E-state index is -5.59. The molecule has 3 heterocycles. The van der Waals surface area contributed by atoms with Gasteiger partial charge in [-0.1, -0.05) is 12.1 Å². The van der Waals surface area contributed by atoms with Gasteiger partial charge in [0.05, 0.1) is 10.9 Å². The molecule has 0 bridgehead atoms. The van der Waals surface area contributed by atoms with Gasteiger partial charge in [0, 0.05) is 23.3 Å². The van der Waals surface area contributed by atoms with Crippen LogP contribution in [0.4, 0.5) is 31.1 Å². The molecule has 2 saturated heterocycles. The van der Waals surface area contributed by atoms with E-state index >= 15 is 0 Å². The molecule has 4 rings (SSSR count). The van der Waals surface area contributed by atoms with Gasteiger partial charge in [0.25, 0.3) is 5.91 Å². The first kappa shape index (κ1) is 24.6. The van der Waals surface area contributed by atoms with E-state index in [1.807, 2.05) is 6.92 Å². The van der Waals surface area contributed by atoms with Gasteiger partial charge in [0.2, 0.25) is 0 Å². The third kappa shape index (κ3) is 4.32. The molecule has 2 aliphatic heterocycles. The summed E-state index contributed by atoms with van der Waals surface area (Å²) in [6, 6.07) is 4.72. The van der Waals surface area contributed by atoms with Crippen molar-refractivity contribution < 1.29 is 41.0 Å². The van der Waals surface area contributed by atoms with Gasteiger partial charge < -0.3 is 14.9 Å². The van der Waals surface area contributed by atoms with Crippen molar-refractivity contribution in [2.45, 2.75) is 56.5 Å². The number of alkyl halides is 6. The first-order valence-electron chi connectivity index (χ1n) is 10.7. The summed E-state index contributed by atoms with van der Waals surface area (Å²) in [4.78, 5) is 26.9. The van der Waals surface area contributed by atoms with E-state index in [1.54, 1.807) is 18.2 Å². The molecule has 2 aliphatic rings. The van der Waals surface area contributed by atoms with Crippen LogP contribution in [0.25, 0.3) is 10.1 Å². The maximum Gasteiger partial charge on any atom is 0.407 e. The van der Waals surface area contributed by atoms with Crippen LogP contribution in [0.15, 0.2) is 24.3 Å². The van der Waals surface area contributed by atoms with Gasteiger partial charge in [0.15, 0.2) is 5.92 Å². The number of rotatable bonds is 2. The summed E-state index contributed by atoms with van der Waals surface area (Å²) in [5, 5.41) is 9.90. The van der Waals surface area contributed by atoms with Gasteiger partial charge in [0.1, 0.15) is 0 Å². The number of thiophene rings is 1. The Labute approximate surface area is 194 Å². The van der Waals surface area contributed by atoms with Gasteiger partial charge >= 0.3 is 18.4 Å². The molecular formula is C22H22F6N2O3S. The Morgan fingerprint density at radius 1 is 1.06 bits per heavy atom. The van der Waals surface area contributed by atoms with Crippen LogP contribution in [-0.4, -0.2) is 63.9 Å². The van der Waals surface area contributed by atoms with Crippen molar-refractivity contribution in [2.24, 2.45) is 5.92 Å². The van der Waals surface area contributed by atoms with Crippen LogP contribution in [-0.2, 0) is 0 Å². The van der Waals surface area contributed by atoms with Crippen molar-refractivity contribution in [1.82, 2.24) is 9.80 Å². The number of nitrogens with zero attached hydrogens (tertiary/aromatic N) is 2. The molecule has 2 aromatic rings. The van der Waals surface area contributed by atoms with Crippen LogP contribution in [0.5, 0.6) is 0 Å². The zero-order valence-corrected chi connectivity index (χ0v) is 18.9. The number of aryl methyl sites for hydroxylation is 1. The highest BCUT2D eigenvalue weighted by atomic mass is 32.1. The fraction of sp³-hybridized carbons (Fsp3) is 0.545. The standard InChI is InChI=1S/C22H22F6N2O3S/c1-12-2-3-13-11-16(34-15(13)10-12)18(31)30-14(17(21(23,24)25)22(26,27)28)4-5-20(30)6-8-29(9-7-20)19(32)33/h2-3,10-11,14,17H,4-9H2,1H3,(H,32,33). The summed E-state index contributed by atoms with van der Waals surface area (Å²) >= 11 is 1.03. The predicted octanol–water partition coefficient (Wildman–Crippen LogP) is 6.07. The lowest BCUT2D eigenvalue weighted by Gasteiger charge is -2.47. The Balaban J connectivity index is 1.78. The highest BCUT2D eigenvalue weighted by Crippen LogP contribution is 2.52. The van der Waals surface area contributed by atoms with Gasteiger partial charge in [-0.15, -0.1) is 11.3 Å². The molecule has 5 nitrogen and oxygen atoms in total. The van der Waals surface area contributed by atoms with Crippen molar-refractivity contribution in [2.75, 3.05) is 13.1 Å². The number of carbonyl (C=O) groups is 2. The molecule has 1 spiro atoms. The van der Waals surface area contributed by atoms with E-state index in [0.29, 0.717) is 10.1 Å². The van der Waals surface area contributed by atoms with E-state index in [-0.39, 0.29) is 37.2 Å². The third-order valence-corrected chi connectivity index (χ3v) is 7.99. The molecule has 1 atom stereocenters. The first-order valence-corrected chi connectivity index (χ1v) is 11.5. The largest absolute Gasteiger partial charge is 0.465 e. The summed E-state index contributed by atoms with van der Waals surface area (Å²) in [6.45, 7) is 1.69. The molecule has 12 heteroatoms. The highest BCUT2D eigenvalue weighted by Gasteiger charge is 2.66. The number of fused-ring (bicyclic) bond motifs is 1. The van der Waals surface area contributed by atoms with Crippen molar-refractivity contribution in [1.29, 1.82) is 0 Å². The Morgan fingerprint density at radius 2 is 1.68 bits per heavy atom. The minimum absolute atomic E-state index is 0.0199. The van der Waals surface area contributed by atoms with Gasteiger partial charge in [-0.2, -0.15) is 26.3 Å². The van der Waals surface area contributed by atoms with Crippen LogP contribution in [0.3, 0.4) is 0 Å². The summed E-state index contributed by atoms with van der Waals surface area (Å²) in [7, 11) is 0. The lowest BCUT2D eigenvalue weighted by molar-refractivity contribution is -0.297. The summed E-state index contributed by atoms with van der Waals surface area (Å²) in [6.07, 6.45) is -13.0. The topological polar surface area (TPSA) is 60.9 Å². The molecule has 186 valence electrons. The van der Waals surface area contributed by atoms with Crippen molar-refractivity contribution in [3.63, 3.8) is 0 Å². The zero-order valence-electron chi connectivity index (χ0n) is 18.0. The lowest BCUT2D eigenvalue weighted by Crippen LogP contribution is -2.60. The lowest BCUT2D eigenvalue weighted by atomic mass is 9.85. The fourth-order valence-corrected chi connectivity index (χ4v) is 6.39. The molecule has 0 aliphatic carbocycles. The van der Waals surface area contributed by atoms with Gasteiger partial charge in [-0.05, 0) is 55.7 Å². The molecule has 1 aromatic heterocycles. The number of amides is 2. The average molecular weight is 508 g/mol. The second-order valence-electron chi connectivity index (χ2n) is 8.99. The number of piperidine rings is 1. The quantitative estimate of drug-likeness (QED) is 0.501. The monoisotopic (exact) mass is 508 g/mol. The van der Waals surface area contributed by atoms with Crippen LogP contribution >= 0.6 is 11.3 Å². The van der Waals surface area contributed by atoms with E-state index < -0.39 is 48.3 Å². The summed E-state index contributed by atoms with van der Waals surface area (Å²) < 4.78 is 82.9. The Hall–Kier alpha value is -2.50. The normalized spacial score (nSPS) is 21.1. The number of benzene rings is 1. The van der Waals surface area contributed by atoms with Crippen molar-refractivity contribution in [3.05, 3.63) is 34.7 Å². The maximum atomic E-state index is 13.7. The molecule has 2 fully saturated rings. The van der Waals surface area contributed by atoms with Crippen LogP contribution in [0, 0.1) is 12.8 Å². The zero-order chi connectivity index (χ0) is 25.1. The predicted molar refractivity (Wildman–Crippen MR) is 113 cm³/mol. The van der Waals surface area contributed by atoms with E-state index in [4.69, 9.17) is 0 Å². The van der Waals surface area contributed by atoms with Gasteiger partial charge in [-0.25, -0.2) is 4.79 Å². The van der Waals surface area contributed by atoms with E-state index in [1.165, 1.54) is 6.07 Å². The Kier molecular flexibility index (Phi) is 6.02. The molecule has 34 heavy (non-hydrogen) atoms. The summed E-state index contributed by atoms with van der Waals surface area (Å²) in [5.41, 5.74) is -0.367. The number of halogens is 6. The second kappa shape index (κ2) is 8.31. The van der Waals surface area contributed by atoms with E-state index in [9.17, 15) is 41.0 Å². The van der Waals surface area contributed by atoms with Crippen LogP contribution in [0.2, 0.25) is 0 Å². The third-order valence-electron chi connectivity index (χ3n) is 6.91. The molecule has 1 aromatic carbocycles. The SMILES string of the molecule is Cc1ccc2cc(C(=O)N3C(C(C(F)(F)F)C(F)(F)F)CCC34CCN(C(=O)O)CC4)sc2c1. The molecular weight excluding hydrogens is 486 g/mol. The van der Waals surface area contributed by atoms with Crippen molar-refractivity contribution in [3.8, 4) is 0 Å². The number of likely N-dealkylation sites (tertiary alicyclic amines) is 2. The van der Waals surface area contributed by atoms with E-state index in [0.717, 1.165) is 26.7 Å². The number of carbonyl (C=O) groups excluding carboxylic acids is 1. The molecule has 2 amide bonds. The Morgan fingerprint density at radius 3 is 2.24 bits per heavy atom. The fourth-order valence-electron chi connectivity index (χ4n) is 5.29. The van der Waals surface area contributed by atoms with Crippen LogP contribution < -0.4 is 0 Å². The smallest absolute Gasteiger partial charge is 0.407 e. The number of carboxylic acid groups (broad SMARTS) is 1. The molecule has 1 unspecified atom stereocenters. The second-order valence-corrected chi connectivity index (χ2v) is 10.1. The van der Waals surface area contributed by atoms with Crippen LogP contribution in [0.1, 0.15) is 40.9 Å². The molecule has 0 radical (unpaired) electrons. The number of hydrogen-bond acceptors (Lipinski definition) is 3. The summed E-state index contributed by atoms with van der Waals surface area (Å²) in [5.74, 6) is -4.55. The minimum Gasteiger partial charge on any atom is -0.465 e. The average Bonchev–Trinajstić information content (AvgIpc) is 3.27. The molecule has 1 N–H and O–H groups in total. The van der Waals surface area contributed by atoms with E-state index in [2.05, 4.69) is 0 Å². The maximum absolute atomic E-state index is 13.7. The molecule has 0 saturated carbocycles.